The van der Waals surface area contributed by atoms with Crippen molar-refractivity contribution in [2.75, 3.05) is 26.9 Å². The van der Waals surface area contributed by atoms with E-state index in [0.717, 1.165) is 6.26 Å². The standard InChI is InChI=1S/C14H21NO7/c1-4-9(2)12(14(18)19-3)15-11(16)8-22-13(17)10-7-20-5-6-21-10/h7,9,12H,4-6,8H2,1-3H3,(H,15,16)/t9-,12+/m0/s1. The van der Waals surface area contributed by atoms with E-state index in [0.29, 0.717) is 13.0 Å². The van der Waals surface area contributed by atoms with E-state index in [1.165, 1.54) is 7.11 Å². The summed E-state index contributed by atoms with van der Waals surface area (Å²) in [5.74, 6) is -2.13. The smallest absolute Gasteiger partial charge is 0.377 e. The van der Waals surface area contributed by atoms with E-state index in [1.807, 2.05) is 13.8 Å². The number of nitrogens with one attached hydrogen (secondary N) is 1. The Morgan fingerprint density at radius 2 is 2.09 bits per heavy atom. The molecule has 0 saturated heterocycles. The molecule has 22 heavy (non-hydrogen) atoms. The van der Waals surface area contributed by atoms with Crippen LogP contribution in [0, 0.1) is 5.92 Å². The van der Waals surface area contributed by atoms with Crippen LogP contribution in [0.15, 0.2) is 12.0 Å². The lowest BCUT2D eigenvalue weighted by atomic mass is 9.99. The molecule has 0 radical (unpaired) electrons. The van der Waals surface area contributed by atoms with Gasteiger partial charge in [0.2, 0.25) is 5.76 Å². The summed E-state index contributed by atoms with van der Waals surface area (Å²) < 4.78 is 19.4. The van der Waals surface area contributed by atoms with Crippen molar-refractivity contribution in [1.29, 1.82) is 0 Å². The lowest BCUT2D eigenvalue weighted by Crippen LogP contribution is -2.47. The highest BCUT2D eigenvalue weighted by atomic mass is 16.6. The summed E-state index contributed by atoms with van der Waals surface area (Å²) in [6.07, 6.45) is 1.82. The van der Waals surface area contributed by atoms with E-state index >= 15 is 0 Å². The minimum Gasteiger partial charge on any atom is -0.493 e. The molecule has 0 aromatic heterocycles. The fourth-order valence-electron chi connectivity index (χ4n) is 1.69. The molecule has 2 atom stereocenters. The molecule has 0 saturated carbocycles. The maximum atomic E-state index is 11.8. The SMILES string of the molecule is CC[C@H](C)[C@@H](NC(=O)COC(=O)C1=COCCO1)C(=O)OC. The number of carbonyl (C=O) groups is 3. The average Bonchev–Trinajstić information content (AvgIpc) is 2.56. The highest BCUT2D eigenvalue weighted by molar-refractivity contribution is 5.90. The van der Waals surface area contributed by atoms with Crippen LogP contribution in [0.3, 0.4) is 0 Å². The summed E-state index contributed by atoms with van der Waals surface area (Å²) in [7, 11) is 1.25. The van der Waals surface area contributed by atoms with Gasteiger partial charge in [0.25, 0.3) is 5.91 Å². The predicted octanol–water partition coefficient (Wildman–Crippen LogP) is 0.122. The van der Waals surface area contributed by atoms with Crippen LogP contribution < -0.4 is 5.32 Å². The zero-order chi connectivity index (χ0) is 16.5. The maximum Gasteiger partial charge on any atom is 0.377 e. The first-order chi connectivity index (χ1) is 10.5. The van der Waals surface area contributed by atoms with Crippen molar-refractivity contribution in [1.82, 2.24) is 5.32 Å². The Balaban J connectivity index is 2.48. The van der Waals surface area contributed by atoms with Gasteiger partial charge in [0.15, 0.2) is 6.61 Å². The van der Waals surface area contributed by atoms with Gasteiger partial charge in [0.1, 0.15) is 25.5 Å². The van der Waals surface area contributed by atoms with Crippen molar-refractivity contribution in [3.63, 3.8) is 0 Å². The van der Waals surface area contributed by atoms with Crippen LogP contribution in [0.4, 0.5) is 0 Å². The molecule has 0 aromatic rings. The lowest BCUT2D eigenvalue weighted by molar-refractivity contribution is -0.151. The topological polar surface area (TPSA) is 100 Å². The molecule has 1 aliphatic rings. The van der Waals surface area contributed by atoms with Crippen molar-refractivity contribution >= 4 is 17.8 Å². The van der Waals surface area contributed by atoms with E-state index in [2.05, 4.69) is 10.1 Å². The summed E-state index contributed by atoms with van der Waals surface area (Å²) in [5.41, 5.74) is 0. The highest BCUT2D eigenvalue weighted by Crippen LogP contribution is 2.09. The molecule has 8 nitrogen and oxygen atoms in total. The zero-order valence-corrected chi connectivity index (χ0v) is 12.9. The van der Waals surface area contributed by atoms with E-state index in [1.54, 1.807) is 0 Å². The van der Waals surface area contributed by atoms with Crippen LogP contribution in [0.5, 0.6) is 0 Å². The van der Waals surface area contributed by atoms with Gasteiger partial charge in [-0.1, -0.05) is 20.3 Å². The van der Waals surface area contributed by atoms with Crippen LogP contribution in [0.25, 0.3) is 0 Å². The van der Waals surface area contributed by atoms with E-state index in [4.69, 9.17) is 14.2 Å². The summed E-state index contributed by atoms with van der Waals surface area (Å²) >= 11 is 0. The second kappa shape index (κ2) is 8.91. The maximum absolute atomic E-state index is 11.8. The molecule has 1 amide bonds. The molecule has 0 aliphatic carbocycles. The van der Waals surface area contributed by atoms with E-state index in [-0.39, 0.29) is 18.3 Å². The summed E-state index contributed by atoms with van der Waals surface area (Å²) in [6.45, 7) is 3.77. The Hall–Kier alpha value is -2.25. The number of amides is 1. The number of carbonyl (C=O) groups excluding carboxylic acids is 3. The number of esters is 2. The largest absolute Gasteiger partial charge is 0.493 e. The Morgan fingerprint density at radius 1 is 1.36 bits per heavy atom. The summed E-state index contributed by atoms with van der Waals surface area (Å²) in [4.78, 5) is 35.0. The monoisotopic (exact) mass is 315 g/mol. The fourth-order valence-corrected chi connectivity index (χ4v) is 1.69. The van der Waals surface area contributed by atoms with Gasteiger partial charge < -0.3 is 24.3 Å². The van der Waals surface area contributed by atoms with Gasteiger partial charge in [-0.2, -0.15) is 0 Å². The third kappa shape index (κ3) is 5.27. The molecule has 0 fully saturated rings. The van der Waals surface area contributed by atoms with Gasteiger partial charge >= 0.3 is 11.9 Å². The van der Waals surface area contributed by atoms with Crippen molar-refractivity contribution in [3.8, 4) is 0 Å². The van der Waals surface area contributed by atoms with Crippen LogP contribution in [-0.4, -0.2) is 50.8 Å². The molecule has 0 aromatic carbocycles. The van der Waals surface area contributed by atoms with Gasteiger partial charge in [-0.15, -0.1) is 0 Å². The average molecular weight is 315 g/mol. The molecule has 8 heteroatoms. The highest BCUT2D eigenvalue weighted by Gasteiger charge is 2.27. The van der Waals surface area contributed by atoms with Gasteiger partial charge in [-0.3, -0.25) is 4.79 Å². The molecule has 1 heterocycles. The molecule has 0 unspecified atom stereocenters. The molecule has 1 aliphatic heterocycles. The molecule has 1 N–H and O–H groups in total. The van der Waals surface area contributed by atoms with E-state index < -0.39 is 30.5 Å². The number of rotatable bonds is 7. The number of hydrogen-bond donors (Lipinski definition) is 1. The fraction of sp³-hybridized carbons (Fsp3) is 0.643. The van der Waals surface area contributed by atoms with Crippen molar-refractivity contribution < 1.29 is 33.3 Å². The number of hydrogen-bond acceptors (Lipinski definition) is 7. The first-order valence-corrected chi connectivity index (χ1v) is 6.98. The minimum absolute atomic E-state index is 0.0921. The predicted molar refractivity (Wildman–Crippen MR) is 74.3 cm³/mol. The molecule has 0 spiro atoms. The number of ether oxygens (including phenoxy) is 4. The lowest BCUT2D eigenvalue weighted by Gasteiger charge is -2.21. The van der Waals surface area contributed by atoms with Gasteiger partial charge in [0.05, 0.1) is 7.11 Å². The Bertz CT molecular complexity index is 446. The Morgan fingerprint density at radius 3 is 2.64 bits per heavy atom. The molecule has 124 valence electrons. The quantitative estimate of drug-likeness (QED) is 0.666. The van der Waals surface area contributed by atoms with Crippen molar-refractivity contribution in [3.05, 3.63) is 12.0 Å². The number of methoxy groups -OCH3 is 1. The normalized spacial score (nSPS) is 16.2. The van der Waals surface area contributed by atoms with Crippen molar-refractivity contribution in [2.45, 2.75) is 26.3 Å². The van der Waals surface area contributed by atoms with Crippen LogP contribution in [0.1, 0.15) is 20.3 Å². The first kappa shape index (κ1) is 17.8. The minimum atomic E-state index is -0.798. The zero-order valence-electron chi connectivity index (χ0n) is 12.9. The van der Waals surface area contributed by atoms with E-state index in [9.17, 15) is 14.4 Å². The summed E-state index contributed by atoms with van der Waals surface area (Å²) in [6, 6.07) is -0.783. The Labute approximate surface area is 128 Å². The molecular weight excluding hydrogens is 294 g/mol. The third-order valence-electron chi connectivity index (χ3n) is 3.17. The molecular formula is C14H21NO7. The first-order valence-electron chi connectivity index (χ1n) is 6.98. The van der Waals surface area contributed by atoms with Gasteiger partial charge in [-0.25, -0.2) is 9.59 Å². The van der Waals surface area contributed by atoms with Gasteiger partial charge in [-0.05, 0) is 5.92 Å². The second-order valence-electron chi connectivity index (χ2n) is 4.73. The van der Waals surface area contributed by atoms with Crippen LogP contribution in [0.2, 0.25) is 0 Å². The van der Waals surface area contributed by atoms with Gasteiger partial charge in [0, 0.05) is 0 Å². The van der Waals surface area contributed by atoms with Crippen LogP contribution in [-0.2, 0) is 33.3 Å². The third-order valence-corrected chi connectivity index (χ3v) is 3.17. The second-order valence-corrected chi connectivity index (χ2v) is 4.73. The molecule has 1 rings (SSSR count). The Kier molecular flexibility index (Phi) is 7.21. The molecule has 0 bridgehead atoms. The summed E-state index contributed by atoms with van der Waals surface area (Å²) in [5, 5.41) is 2.49. The van der Waals surface area contributed by atoms with Crippen LogP contribution >= 0.6 is 0 Å². The van der Waals surface area contributed by atoms with Crippen molar-refractivity contribution in [2.24, 2.45) is 5.92 Å².